The molecule has 1 atom stereocenters. The molecule has 2 heterocycles. The number of aromatic amines is 1. The van der Waals surface area contributed by atoms with Gasteiger partial charge in [0.25, 0.3) is 5.56 Å². The smallest absolute Gasteiger partial charge is 0.260 e. The van der Waals surface area contributed by atoms with Gasteiger partial charge in [0.05, 0.1) is 11.9 Å². The van der Waals surface area contributed by atoms with Crippen molar-refractivity contribution in [1.82, 2.24) is 14.9 Å². The summed E-state index contributed by atoms with van der Waals surface area (Å²) in [6.07, 6.45) is -0.678. The van der Waals surface area contributed by atoms with E-state index >= 15 is 0 Å². The summed E-state index contributed by atoms with van der Waals surface area (Å²) in [5.41, 5.74) is 1.42. The molecule has 0 aliphatic carbocycles. The lowest BCUT2D eigenvalue weighted by molar-refractivity contribution is 0.0606. The Kier molecular flexibility index (Phi) is 8.00. The summed E-state index contributed by atoms with van der Waals surface area (Å²) >= 11 is 7.79. The van der Waals surface area contributed by atoms with Gasteiger partial charge in [-0.05, 0) is 24.1 Å². The monoisotopic (exact) mass is 497 g/mol. The van der Waals surface area contributed by atoms with Crippen LogP contribution in [0, 0.1) is 5.92 Å². The molecule has 0 saturated heterocycles. The zero-order chi connectivity index (χ0) is 24.1. The van der Waals surface area contributed by atoms with Crippen LogP contribution in [-0.2, 0) is 6.54 Å². The van der Waals surface area contributed by atoms with Crippen LogP contribution in [0.4, 0.5) is 0 Å². The van der Waals surface area contributed by atoms with Crippen molar-refractivity contribution in [1.29, 1.82) is 0 Å². The van der Waals surface area contributed by atoms with E-state index in [9.17, 15) is 9.90 Å². The van der Waals surface area contributed by atoms with Crippen LogP contribution in [0.2, 0.25) is 5.02 Å². The number of fused-ring (bicyclic) bond motifs is 1. The van der Waals surface area contributed by atoms with Gasteiger partial charge in [-0.2, -0.15) is 0 Å². The molecular formula is C26H28ClN3O3S. The minimum atomic E-state index is -0.678. The molecule has 0 bridgehead atoms. The summed E-state index contributed by atoms with van der Waals surface area (Å²) in [7, 11) is 0. The molecule has 0 aliphatic heterocycles. The lowest BCUT2D eigenvalue weighted by Crippen LogP contribution is -2.38. The predicted octanol–water partition coefficient (Wildman–Crippen LogP) is 5.20. The molecule has 0 unspecified atom stereocenters. The Morgan fingerprint density at radius 1 is 1.09 bits per heavy atom. The van der Waals surface area contributed by atoms with Gasteiger partial charge < -0.3 is 14.8 Å². The molecule has 2 N–H and O–H groups in total. The number of nitrogens with zero attached hydrogens (tertiary/aromatic N) is 2. The van der Waals surface area contributed by atoms with Crippen molar-refractivity contribution in [2.45, 2.75) is 26.5 Å². The Hall–Kier alpha value is -2.71. The number of hydrogen-bond acceptors (Lipinski definition) is 6. The van der Waals surface area contributed by atoms with Crippen LogP contribution in [0.15, 0.2) is 64.8 Å². The van der Waals surface area contributed by atoms with Crippen molar-refractivity contribution < 1.29 is 9.84 Å². The fourth-order valence-corrected chi connectivity index (χ4v) is 5.13. The summed E-state index contributed by atoms with van der Waals surface area (Å²) in [4.78, 5) is 23.5. The lowest BCUT2D eigenvalue weighted by atomic mass is 10.1. The van der Waals surface area contributed by atoms with E-state index in [-0.39, 0.29) is 12.2 Å². The third-order valence-corrected chi connectivity index (χ3v) is 6.51. The molecule has 2 aromatic carbocycles. The number of thiophene rings is 1. The molecule has 0 aliphatic rings. The number of ether oxygens (including phenoxy) is 1. The van der Waals surface area contributed by atoms with Gasteiger partial charge in [-0.15, -0.1) is 11.3 Å². The van der Waals surface area contributed by atoms with E-state index in [2.05, 4.69) is 23.7 Å². The average molecular weight is 498 g/mol. The second-order valence-electron chi connectivity index (χ2n) is 8.69. The molecule has 6 nitrogen and oxygen atoms in total. The quantitative estimate of drug-likeness (QED) is 0.315. The maximum atomic E-state index is 13.0. The highest BCUT2D eigenvalue weighted by Gasteiger charge is 2.18. The second kappa shape index (κ2) is 11.1. The fraction of sp³-hybridized carbons (Fsp3) is 0.308. The summed E-state index contributed by atoms with van der Waals surface area (Å²) in [5.74, 6) is 1.67. The van der Waals surface area contributed by atoms with Gasteiger partial charge in [-0.25, -0.2) is 4.98 Å². The van der Waals surface area contributed by atoms with Gasteiger partial charge in [0.15, 0.2) is 0 Å². The highest BCUT2D eigenvalue weighted by molar-refractivity contribution is 7.17. The molecule has 34 heavy (non-hydrogen) atoms. The van der Waals surface area contributed by atoms with Crippen LogP contribution in [0.3, 0.4) is 0 Å². The summed E-state index contributed by atoms with van der Waals surface area (Å²) in [5, 5.41) is 13.7. The molecule has 4 rings (SSSR count). The Bertz CT molecular complexity index is 1290. The van der Waals surface area contributed by atoms with Gasteiger partial charge in [-0.1, -0.05) is 61.8 Å². The molecule has 0 radical (unpaired) electrons. The van der Waals surface area contributed by atoms with E-state index in [1.807, 2.05) is 60.0 Å². The Morgan fingerprint density at radius 2 is 1.82 bits per heavy atom. The van der Waals surface area contributed by atoms with Crippen molar-refractivity contribution in [3.63, 3.8) is 0 Å². The lowest BCUT2D eigenvalue weighted by Gasteiger charge is -2.26. The molecule has 0 saturated carbocycles. The first-order valence-electron chi connectivity index (χ1n) is 11.2. The third-order valence-electron chi connectivity index (χ3n) is 5.31. The normalized spacial score (nSPS) is 12.5. The third kappa shape index (κ3) is 6.04. The van der Waals surface area contributed by atoms with E-state index in [1.54, 1.807) is 0 Å². The first-order valence-corrected chi connectivity index (χ1v) is 12.5. The van der Waals surface area contributed by atoms with Crippen molar-refractivity contribution in [3.8, 4) is 16.9 Å². The van der Waals surface area contributed by atoms with E-state index in [4.69, 9.17) is 21.3 Å². The maximum Gasteiger partial charge on any atom is 0.260 e. The summed E-state index contributed by atoms with van der Waals surface area (Å²) in [6.45, 7) is 6.00. The van der Waals surface area contributed by atoms with Crippen LogP contribution in [0.5, 0.6) is 5.75 Å². The Morgan fingerprint density at radius 3 is 2.56 bits per heavy atom. The van der Waals surface area contributed by atoms with Gasteiger partial charge in [0, 0.05) is 34.6 Å². The zero-order valence-corrected chi connectivity index (χ0v) is 20.8. The SMILES string of the molecule is CC(C)CN(Cc1nc2scc(-c3ccccc3Cl)c2c(=O)[nH]1)C[C@@H](O)COc1ccccc1. The molecular weight excluding hydrogens is 470 g/mol. The van der Waals surface area contributed by atoms with Crippen LogP contribution in [0.25, 0.3) is 21.3 Å². The summed E-state index contributed by atoms with van der Waals surface area (Å²) in [6, 6.07) is 16.9. The number of halogens is 1. The van der Waals surface area contributed by atoms with Crippen LogP contribution >= 0.6 is 22.9 Å². The van der Waals surface area contributed by atoms with Gasteiger partial charge in [0.1, 0.15) is 29.1 Å². The maximum absolute atomic E-state index is 13.0. The van der Waals surface area contributed by atoms with Gasteiger partial charge in [0.2, 0.25) is 0 Å². The first kappa shape index (κ1) is 24.4. The zero-order valence-electron chi connectivity index (χ0n) is 19.2. The average Bonchev–Trinajstić information content (AvgIpc) is 3.22. The number of benzene rings is 2. The predicted molar refractivity (Wildman–Crippen MR) is 139 cm³/mol. The molecule has 8 heteroatoms. The van der Waals surface area contributed by atoms with E-state index in [0.29, 0.717) is 40.1 Å². The number of aliphatic hydroxyl groups is 1. The highest BCUT2D eigenvalue weighted by Crippen LogP contribution is 2.34. The molecule has 4 aromatic rings. The summed E-state index contributed by atoms with van der Waals surface area (Å²) < 4.78 is 5.70. The molecule has 178 valence electrons. The van der Waals surface area contributed by atoms with E-state index in [0.717, 1.165) is 23.4 Å². The minimum Gasteiger partial charge on any atom is -0.491 e. The molecule has 2 aromatic heterocycles. The number of H-pyrrole nitrogens is 1. The Labute approximate surface area is 207 Å². The minimum absolute atomic E-state index is 0.186. The number of aromatic nitrogens is 2. The van der Waals surface area contributed by atoms with Crippen molar-refractivity contribution in [2.24, 2.45) is 5.92 Å². The fourth-order valence-electron chi connectivity index (χ4n) is 3.94. The van der Waals surface area contributed by atoms with Crippen molar-refractivity contribution in [2.75, 3.05) is 19.7 Å². The largest absolute Gasteiger partial charge is 0.491 e. The molecule has 0 amide bonds. The van der Waals surface area contributed by atoms with Gasteiger partial charge >= 0.3 is 0 Å². The Balaban J connectivity index is 1.51. The van der Waals surface area contributed by atoms with Crippen molar-refractivity contribution in [3.05, 3.63) is 81.2 Å². The first-order chi connectivity index (χ1) is 16.4. The number of rotatable bonds is 10. The topological polar surface area (TPSA) is 78.5 Å². The van der Waals surface area contributed by atoms with Crippen LogP contribution in [-0.4, -0.2) is 45.8 Å². The van der Waals surface area contributed by atoms with Crippen LogP contribution < -0.4 is 10.3 Å². The standard InChI is InChI=1S/C26H28ClN3O3S/c1-17(2)12-30(13-18(31)15-33-19-8-4-3-5-9-19)14-23-28-25(32)24-21(16-34-26(24)29-23)20-10-6-7-11-22(20)27/h3-11,16-18,31H,12-15H2,1-2H3,(H,28,29,32)/t18-/m1/s1. The molecule has 0 fully saturated rings. The van der Waals surface area contributed by atoms with Crippen molar-refractivity contribution >= 4 is 33.2 Å². The highest BCUT2D eigenvalue weighted by atomic mass is 35.5. The van der Waals surface area contributed by atoms with E-state index in [1.165, 1.54) is 11.3 Å². The number of nitrogens with one attached hydrogen (secondary N) is 1. The number of aliphatic hydroxyl groups excluding tert-OH is 1. The van der Waals surface area contributed by atoms with E-state index < -0.39 is 6.10 Å². The molecule has 0 spiro atoms. The number of hydrogen-bond donors (Lipinski definition) is 2. The second-order valence-corrected chi connectivity index (χ2v) is 9.95. The van der Waals surface area contributed by atoms with Gasteiger partial charge in [-0.3, -0.25) is 9.69 Å². The number of para-hydroxylation sites is 1. The van der Waals surface area contributed by atoms with Crippen LogP contribution in [0.1, 0.15) is 19.7 Å².